The van der Waals surface area contributed by atoms with Crippen molar-refractivity contribution in [2.24, 2.45) is 4.99 Å². The van der Waals surface area contributed by atoms with Crippen LogP contribution in [0, 0.1) is 0 Å². The Bertz CT molecular complexity index is 408. The molecule has 16 heavy (non-hydrogen) atoms. The first-order valence-corrected chi connectivity index (χ1v) is 5.75. The maximum Gasteiger partial charge on any atom is 0.239 e. The smallest absolute Gasteiger partial charge is 0.239 e. The number of hydrogen-bond acceptors (Lipinski definition) is 5. The fourth-order valence-electron chi connectivity index (χ4n) is 1.29. The Morgan fingerprint density at radius 2 is 2.44 bits per heavy atom. The SMILES string of the molecule is O=C1N/C(=N/c2ccccn2)S[C@@H]1CCO. The molecule has 0 radical (unpaired) electrons. The molecule has 1 aliphatic heterocycles. The minimum absolute atomic E-state index is 0.00194. The van der Waals surface area contributed by atoms with Gasteiger partial charge in [-0.05, 0) is 18.6 Å². The van der Waals surface area contributed by atoms with Crippen LogP contribution < -0.4 is 5.32 Å². The molecule has 1 aromatic heterocycles. The number of carbonyl (C=O) groups excluding carboxylic acids is 1. The quantitative estimate of drug-likeness (QED) is 0.810. The van der Waals surface area contributed by atoms with Gasteiger partial charge in [-0.3, -0.25) is 4.79 Å². The number of pyridine rings is 1. The van der Waals surface area contributed by atoms with Crippen LogP contribution in [0.4, 0.5) is 5.82 Å². The fourth-order valence-corrected chi connectivity index (χ4v) is 2.25. The molecule has 6 heteroatoms. The summed E-state index contributed by atoms with van der Waals surface area (Å²) in [5.41, 5.74) is 0. The number of aromatic nitrogens is 1. The van der Waals surface area contributed by atoms with E-state index in [1.54, 1.807) is 18.3 Å². The zero-order chi connectivity index (χ0) is 11.4. The molecule has 0 aliphatic carbocycles. The summed E-state index contributed by atoms with van der Waals surface area (Å²) in [5.74, 6) is 0.462. The Balaban J connectivity index is 2.08. The summed E-state index contributed by atoms with van der Waals surface area (Å²) in [5, 5.41) is 11.7. The van der Waals surface area contributed by atoms with Gasteiger partial charge < -0.3 is 10.4 Å². The molecule has 1 saturated heterocycles. The molecule has 84 valence electrons. The molecule has 1 atom stereocenters. The second-order valence-electron chi connectivity index (χ2n) is 3.21. The monoisotopic (exact) mass is 237 g/mol. The number of carbonyl (C=O) groups is 1. The van der Waals surface area contributed by atoms with Gasteiger partial charge in [-0.25, -0.2) is 9.98 Å². The lowest BCUT2D eigenvalue weighted by atomic mass is 10.3. The van der Waals surface area contributed by atoms with Crippen LogP contribution in [0.3, 0.4) is 0 Å². The van der Waals surface area contributed by atoms with E-state index in [2.05, 4.69) is 15.3 Å². The van der Waals surface area contributed by atoms with E-state index in [4.69, 9.17) is 5.11 Å². The van der Waals surface area contributed by atoms with Gasteiger partial charge in [0.1, 0.15) is 0 Å². The summed E-state index contributed by atoms with van der Waals surface area (Å²) in [6.45, 7) is 0.00194. The van der Waals surface area contributed by atoms with Crippen LogP contribution in [-0.2, 0) is 4.79 Å². The highest BCUT2D eigenvalue weighted by atomic mass is 32.2. The summed E-state index contributed by atoms with van der Waals surface area (Å²) in [6, 6.07) is 5.40. The van der Waals surface area contributed by atoms with E-state index in [-0.39, 0.29) is 17.8 Å². The summed E-state index contributed by atoms with van der Waals surface area (Å²) >= 11 is 1.33. The molecule has 0 aromatic carbocycles. The van der Waals surface area contributed by atoms with Gasteiger partial charge in [0.15, 0.2) is 11.0 Å². The van der Waals surface area contributed by atoms with Crippen LogP contribution in [0.5, 0.6) is 0 Å². The summed E-state index contributed by atoms with van der Waals surface area (Å²) < 4.78 is 0. The summed E-state index contributed by atoms with van der Waals surface area (Å²) in [7, 11) is 0. The number of aliphatic imine (C=N–C) groups is 1. The van der Waals surface area contributed by atoms with Crippen molar-refractivity contribution in [1.29, 1.82) is 0 Å². The predicted molar refractivity (Wildman–Crippen MR) is 62.6 cm³/mol. The van der Waals surface area contributed by atoms with Gasteiger partial charge in [0.25, 0.3) is 0 Å². The number of hydrogen-bond donors (Lipinski definition) is 2. The van der Waals surface area contributed by atoms with E-state index < -0.39 is 0 Å². The summed E-state index contributed by atoms with van der Waals surface area (Å²) in [6.07, 6.45) is 2.09. The molecule has 0 unspecified atom stereocenters. The van der Waals surface area contributed by atoms with Crippen molar-refractivity contribution in [3.05, 3.63) is 24.4 Å². The highest BCUT2D eigenvalue weighted by molar-refractivity contribution is 8.15. The second-order valence-corrected chi connectivity index (χ2v) is 4.40. The molecule has 0 spiro atoms. The first-order chi connectivity index (χ1) is 7.79. The van der Waals surface area contributed by atoms with Crippen LogP contribution in [0.15, 0.2) is 29.4 Å². The van der Waals surface area contributed by atoms with Crippen molar-refractivity contribution in [2.75, 3.05) is 6.61 Å². The number of aliphatic hydroxyl groups excluding tert-OH is 1. The number of amidine groups is 1. The van der Waals surface area contributed by atoms with Gasteiger partial charge >= 0.3 is 0 Å². The van der Waals surface area contributed by atoms with E-state index in [1.165, 1.54) is 11.8 Å². The molecular formula is C10H11N3O2S. The third-order valence-electron chi connectivity index (χ3n) is 2.03. The van der Waals surface area contributed by atoms with Gasteiger partial charge in [0, 0.05) is 12.8 Å². The van der Waals surface area contributed by atoms with Gasteiger partial charge in [-0.1, -0.05) is 17.8 Å². The Morgan fingerprint density at radius 3 is 3.12 bits per heavy atom. The van der Waals surface area contributed by atoms with Crippen molar-refractivity contribution in [2.45, 2.75) is 11.7 Å². The number of rotatable bonds is 3. The molecule has 0 saturated carbocycles. The highest BCUT2D eigenvalue weighted by Gasteiger charge is 2.29. The first kappa shape index (κ1) is 11.1. The fraction of sp³-hybridized carbons (Fsp3) is 0.300. The summed E-state index contributed by atoms with van der Waals surface area (Å²) in [4.78, 5) is 19.7. The maximum absolute atomic E-state index is 11.4. The zero-order valence-electron chi connectivity index (χ0n) is 8.46. The normalized spacial score (nSPS) is 22.4. The van der Waals surface area contributed by atoms with E-state index in [0.29, 0.717) is 17.4 Å². The van der Waals surface area contributed by atoms with Gasteiger partial charge in [0.2, 0.25) is 5.91 Å². The van der Waals surface area contributed by atoms with Crippen LogP contribution >= 0.6 is 11.8 Å². The van der Waals surface area contributed by atoms with Crippen LogP contribution in [0.1, 0.15) is 6.42 Å². The molecular weight excluding hydrogens is 226 g/mol. The molecule has 1 aromatic rings. The van der Waals surface area contributed by atoms with Crippen molar-refractivity contribution < 1.29 is 9.90 Å². The molecule has 2 N–H and O–H groups in total. The van der Waals surface area contributed by atoms with E-state index in [1.807, 2.05) is 6.07 Å². The van der Waals surface area contributed by atoms with E-state index in [9.17, 15) is 4.79 Å². The molecule has 0 bridgehead atoms. The van der Waals surface area contributed by atoms with Crippen molar-refractivity contribution in [3.63, 3.8) is 0 Å². The van der Waals surface area contributed by atoms with Crippen molar-refractivity contribution >= 4 is 28.7 Å². The van der Waals surface area contributed by atoms with Crippen LogP contribution in [0.2, 0.25) is 0 Å². The molecule has 1 fully saturated rings. The lowest BCUT2D eigenvalue weighted by molar-refractivity contribution is -0.119. The highest BCUT2D eigenvalue weighted by Crippen LogP contribution is 2.23. The molecule has 1 amide bonds. The lowest BCUT2D eigenvalue weighted by Crippen LogP contribution is -2.25. The van der Waals surface area contributed by atoms with E-state index in [0.717, 1.165) is 0 Å². The largest absolute Gasteiger partial charge is 0.396 e. The van der Waals surface area contributed by atoms with Gasteiger partial charge in [-0.2, -0.15) is 0 Å². The Kier molecular flexibility index (Phi) is 3.53. The number of nitrogens with one attached hydrogen (secondary N) is 1. The molecule has 1 aliphatic rings. The minimum atomic E-state index is -0.243. The molecule has 5 nitrogen and oxygen atoms in total. The molecule has 2 rings (SSSR count). The minimum Gasteiger partial charge on any atom is -0.396 e. The van der Waals surface area contributed by atoms with Crippen LogP contribution in [-0.4, -0.2) is 33.0 Å². The Morgan fingerprint density at radius 1 is 1.56 bits per heavy atom. The third-order valence-corrected chi connectivity index (χ3v) is 3.18. The van der Waals surface area contributed by atoms with Gasteiger partial charge in [0.05, 0.1) is 5.25 Å². The van der Waals surface area contributed by atoms with Crippen molar-refractivity contribution in [1.82, 2.24) is 10.3 Å². The zero-order valence-corrected chi connectivity index (χ0v) is 9.28. The van der Waals surface area contributed by atoms with Crippen LogP contribution in [0.25, 0.3) is 0 Å². The predicted octanol–water partition coefficient (Wildman–Crippen LogP) is 0.683. The second kappa shape index (κ2) is 5.09. The average Bonchev–Trinajstić information content (AvgIpc) is 2.61. The number of amides is 1. The number of thioether (sulfide) groups is 1. The van der Waals surface area contributed by atoms with Gasteiger partial charge in [-0.15, -0.1) is 0 Å². The standard InChI is InChI=1S/C10H11N3O2S/c14-6-4-7-9(15)13-10(16-7)12-8-3-1-2-5-11-8/h1-3,5,7,14H,4,6H2,(H,11,12,13,15)/t7-/m1/s1. The number of nitrogens with zero attached hydrogens (tertiary/aromatic N) is 2. The Labute approximate surface area is 97.0 Å². The first-order valence-electron chi connectivity index (χ1n) is 4.87. The van der Waals surface area contributed by atoms with E-state index >= 15 is 0 Å². The average molecular weight is 237 g/mol. The maximum atomic E-state index is 11.4. The lowest BCUT2D eigenvalue weighted by Gasteiger charge is -1.99. The topological polar surface area (TPSA) is 74.6 Å². The Hall–Kier alpha value is -1.40. The number of aliphatic hydroxyl groups is 1. The third kappa shape index (κ3) is 2.59. The van der Waals surface area contributed by atoms with Crippen molar-refractivity contribution in [3.8, 4) is 0 Å². The molecule has 2 heterocycles.